The minimum absolute atomic E-state index is 0.126. The van der Waals surface area contributed by atoms with E-state index >= 15 is 0 Å². The van der Waals surface area contributed by atoms with Gasteiger partial charge in [0.25, 0.3) is 0 Å². The molecule has 0 unspecified atom stereocenters. The first-order chi connectivity index (χ1) is 15.8. The summed E-state index contributed by atoms with van der Waals surface area (Å²) in [7, 11) is -1.50. The van der Waals surface area contributed by atoms with Gasteiger partial charge in [0.2, 0.25) is 0 Å². The van der Waals surface area contributed by atoms with Crippen molar-refractivity contribution in [1.29, 1.82) is 0 Å². The number of furan rings is 1. The largest absolute Gasteiger partial charge is 0.463 e. The molecule has 2 aromatic carbocycles. The normalized spacial score (nSPS) is 15.1. The van der Waals surface area contributed by atoms with Crippen LogP contribution < -0.4 is 0 Å². The van der Waals surface area contributed by atoms with E-state index in [0.29, 0.717) is 0 Å². The van der Waals surface area contributed by atoms with Crippen LogP contribution in [0.3, 0.4) is 0 Å². The van der Waals surface area contributed by atoms with Gasteiger partial charge < -0.3 is 4.42 Å². The number of fused-ring (bicyclic) bond motifs is 3. The Bertz CT molecular complexity index is 1430. The third-order valence-electron chi connectivity index (χ3n) is 5.50. The van der Waals surface area contributed by atoms with E-state index < -0.39 is 8.07 Å². The van der Waals surface area contributed by atoms with Gasteiger partial charge in [-0.25, -0.2) is 4.98 Å². The summed E-state index contributed by atoms with van der Waals surface area (Å²) in [6.45, 7) is 8.88. The van der Waals surface area contributed by atoms with E-state index in [4.69, 9.17) is 14.4 Å². The Kier molecular flexibility index (Phi) is 5.47. The van der Waals surface area contributed by atoms with Crippen LogP contribution >= 0.6 is 15.9 Å². The van der Waals surface area contributed by atoms with Crippen molar-refractivity contribution in [3.63, 3.8) is 0 Å². The van der Waals surface area contributed by atoms with E-state index in [2.05, 4.69) is 88.9 Å². The highest BCUT2D eigenvalue weighted by molar-refractivity contribution is 9.10. The first-order valence-corrected chi connectivity index (χ1v) is 15.2. The lowest BCUT2D eigenvalue weighted by Gasteiger charge is -2.13. The molecule has 2 aromatic heterocycles. The molecule has 0 saturated heterocycles. The average molecular weight is 514 g/mol. The first-order valence-electron chi connectivity index (χ1n) is 10.9. The zero-order valence-corrected chi connectivity index (χ0v) is 21.6. The number of imidazole rings is 1. The third kappa shape index (κ3) is 4.15. The maximum atomic E-state index is 5.69. The second kappa shape index (κ2) is 8.33. The van der Waals surface area contributed by atoms with Gasteiger partial charge in [0.15, 0.2) is 5.76 Å². The topological polar surface area (TPSA) is 43.3 Å². The Morgan fingerprint density at radius 2 is 1.85 bits per heavy atom. The lowest BCUT2D eigenvalue weighted by molar-refractivity contribution is 0.578. The minimum atomic E-state index is -1.50. The molecule has 0 bridgehead atoms. The molecule has 0 saturated carbocycles. The summed E-state index contributed by atoms with van der Waals surface area (Å²) in [4.78, 5) is 9.93. The van der Waals surface area contributed by atoms with Gasteiger partial charge in [-0.15, -0.1) is 5.54 Å². The van der Waals surface area contributed by atoms with E-state index in [0.717, 1.165) is 49.7 Å². The summed E-state index contributed by atoms with van der Waals surface area (Å²) in [5, 5.41) is 0. The van der Waals surface area contributed by atoms with Gasteiger partial charge in [0.1, 0.15) is 20.1 Å². The van der Waals surface area contributed by atoms with Gasteiger partial charge in [-0.1, -0.05) is 59.7 Å². The van der Waals surface area contributed by atoms with Crippen LogP contribution in [-0.4, -0.2) is 23.3 Å². The van der Waals surface area contributed by atoms with Crippen LogP contribution in [0.25, 0.3) is 17.1 Å². The van der Waals surface area contributed by atoms with Crippen LogP contribution in [0, 0.1) is 11.5 Å². The number of nitrogens with zero attached hydrogens (tertiary/aromatic N) is 3. The Hall–Kier alpha value is -3.14. The first kappa shape index (κ1) is 21.7. The number of aliphatic imine (C=N–C) groups is 1. The predicted octanol–water partition coefficient (Wildman–Crippen LogP) is 7.04. The van der Waals surface area contributed by atoms with E-state index in [1.165, 1.54) is 0 Å². The molecule has 0 spiro atoms. The molecule has 1 atom stereocenters. The summed E-state index contributed by atoms with van der Waals surface area (Å²) in [6.07, 6.45) is 3.55. The molecule has 1 aliphatic heterocycles. The summed E-state index contributed by atoms with van der Waals surface area (Å²) in [5.41, 5.74) is 10.4. The van der Waals surface area contributed by atoms with Crippen LogP contribution in [0.5, 0.6) is 0 Å². The van der Waals surface area contributed by atoms with E-state index in [1.54, 1.807) is 6.26 Å². The van der Waals surface area contributed by atoms with Crippen molar-refractivity contribution < 1.29 is 4.42 Å². The molecule has 164 valence electrons. The van der Waals surface area contributed by atoms with Gasteiger partial charge in [0, 0.05) is 21.2 Å². The predicted molar refractivity (Wildman–Crippen MR) is 140 cm³/mol. The van der Waals surface area contributed by atoms with Crippen molar-refractivity contribution >= 4 is 29.7 Å². The Balaban J connectivity index is 1.78. The number of benzene rings is 2. The Morgan fingerprint density at radius 3 is 2.58 bits per heavy atom. The monoisotopic (exact) mass is 513 g/mol. The van der Waals surface area contributed by atoms with Crippen molar-refractivity contribution in [2.75, 3.05) is 0 Å². The summed E-state index contributed by atoms with van der Waals surface area (Å²) in [5.74, 6) is 4.15. The van der Waals surface area contributed by atoms with Gasteiger partial charge in [-0.05, 0) is 43.3 Å². The molecule has 5 rings (SSSR count). The summed E-state index contributed by atoms with van der Waals surface area (Å²) >= 11 is 3.74. The highest BCUT2D eigenvalue weighted by atomic mass is 79.9. The summed E-state index contributed by atoms with van der Waals surface area (Å²) < 4.78 is 8.84. The fourth-order valence-corrected chi connectivity index (χ4v) is 5.01. The number of rotatable bonds is 2. The van der Waals surface area contributed by atoms with Crippen molar-refractivity contribution in [3.05, 3.63) is 94.0 Å². The highest BCUT2D eigenvalue weighted by Gasteiger charge is 2.28. The standard InChI is InChI=1S/C27H24BrN3OSi/c1-18-27-26(24-10-7-14-32-24)29-17-31(27)23-12-11-19(13-15-33(2,3)4)16-21(23)25(30-18)20-8-5-6-9-22(20)28/h5-12,14,16-18H,1-4H3/t18-/m1/s1. The van der Waals surface area contributed by atoms with E-state index in [-0.39, 0.29) is 6.04 Å². The van der Waals surface area contributed by atoms with Crippen molar-refractivity contribution in [1.82, 2.24) is 9.55 Å². The minimum Gasteiger partial charge on any atom is -0.463 e. The second-order valence-electron chi connectivity index (χ2n) is 9.19. The molecule has 33 heavy (non-hydrogen) atoms. The van der Waals surface area contributed by atoms with Crippen LogP contribution in [-0.2, 0) is 0 Å². The van der Waals surface area contributed by atoms with Crippen molar-refractivity contribution in [2.45, 2.75) is 32.6 Å². The van der Waals surface area contributed by atoms with Crippen LogP contribution in [0.4, 0.5) is 0 Å². The lowest BCUT2D eigenvalue weighted by Crippen LogP contribution is -2.16. The van der Waals surface area contributed by atoms with Gasteiger partial charge >= 0.3 is 0 Å². The van der Waals surface area contributed by atoms with Crippen LogP contribution in [0.2, 0.25) is 19.6 Å². The maximum Gasteiger partial charge on any atom is 0.154 e. The number of hydrogen-bond acceptors (Lipinski definition) is 3. The molecule has 0 N–H and O–H groups in total. The number of aromatic nitrogens is 2. The van der Waals surface area contributed by atoms with Gasteiger partial charge in [-0.3, -0.25) is 9.56 Å². The fourth-order valence-electron chi connectivity index (χ4n) is 4.02. The van der Waals surface area contributed by atoms with Crippen molar-refractivity contribution in [3.8, 4) is 28.6 Å². The van der Waals surface area contributed by atoms with Gasteiger partial charge in [-0.2, -0.15) is 0 Å². The Labute approximate surface area is 203 Å². The van der Waals surface area contributed by atoms with Gasteiger partial charge in [0.05, 0.1) is 29.4 Å². The maximum absolute atomic E-state index is 5.69. The molecule has 4 nitrogen and oxygen atoms in total. The third-order valence-corrected chi connectivity index (χ3v) is 7.07. The molecule has 4 aromatic rings. The quantitative estimate of drug-likeness (QED) is 0.213. The second-order valence-corrected chi connectivity index (χ2v) is 14.8. The molecular weight excluding hydrogens is 490 g/mol. The molecule has 6 heteroatoms. The van der Waals surface area contributed by atoms with Crippen LogP contribution in [0.15, 0.2) is 81.1 Å². The molecule has 1 aliphatic rings. The van der Waals surface area contributed by atoms with E-state index in [1.807, 2.05) is 30.6 Å². The van der Waals surface area contributed by atoms with Crippen LogP contribution in [0.1, 0.15) is 35.3 Å². The smallest absolute Gasteiger partial charge is 0.154 e. The molecule has 3 heterocycles. The Morgan fingerprint density at radius 1 is 1.03 bits per heavy atom. The van der Waals surface area contributed by atoms with E-state index in [9.17, 15) is 0 Å². The number of halogens is 1. The molecular formula is C27H24BrN3OSi. The molecule has 0 fully saturated rings. The fraction of sp³-hybridized carbons (Fsp3) is 0.185. The zero-order valence-electron chi connectivity index (χ0n) is 19.1. The number of hydrogen-bond donors (Lipinski definition) is 0. The molecule has 0 radical (unpaired) electrons. The average Bonchev–Trinajstić information content (AvgIpc) is 3.44. The zero-order chi connectivity index (χ0) is 23.2. The molecule has 0 amide bonds. The SMILES string of the molecule is C[C@H]1N=C(c2ccccc2Br)c2cc(C#C[Si](C)(C)C)ccc2-n2cnc(-c3ccco3)c21. The lowest BCUT2D eigenvalue weighted by atomic mass is 9.98. The summed E-state index contributed by atoms with van der Waals surface area (Å²) in [6, 6.07) is 18.3. The molecule has 0 aliphatic carbocycles. The van der Waals surface area contributed by atoms with Crippen molar-refractivity contribution in [2.24, 2.45) is 4.99 Å². The highest BCUT2D eigenvalue weighted by Crippen LogP contribution is 2.37.